The molecule has 27 heavy (non-hydrogen) atoms. The number of thiazole rings is 1. The number of para-hydroxylation sites is 1. The molecule has 1 heterocycles. The Morgan fingerprint density at radius 3 is 2.56 bits per heavy atom. The van der Waals surface area contributed by atoms with Crippen LogP contribution in [0.3, 0.4) is 0 Å². The SMILES string of the molecule is CC(C)C(NC(=O)c1ccccc1F)C(=O)OCc1nc2ccccc2s1. The molecule has 0 bridgehead atoms. The second-order valence-electron chi connectivity index (χ2n) is 6.36. The fraction of sp³-hybridized carbons (Fsp3) is 0.250. The van der Waals surface area contributed by atoms with E-state index in [4.69, 9.17) is 4.74 Å². The second-order valence-corrected chi connectivity index (χ2v) is 7.47. The first kappa shape index (κ1) is 19.0. The molecular formula is C20H19FN2O3S. The van der Waals surface area contributed by atoms with E-state index >= 15 is 0 Å². The Morgan fingerprint density at radius 2 is 1.85 bits per heavy atom. The quantitative estimate of drug-likeness (QED) is 0.652. The van der Waals surface area contributed by atoms with Gasteiger partial charge in [-0.3, -0.25) is 4.79 Å². The van der Waals surface area contributed by atoms with Crippen LogP contribution in [-0.2, 0) is 16.1 Å². The van der Waals surface area contributed by atoms with Crippen LogP contribution in [0.1, 0.15) is 29.2 Å². The van der Waals surface area contributed by atoms with Gasteiger partial charge in [-0.05, 0) is 30.2 Å². The molecular weight excluding hydrogens is 367 g/mol. The lowest BCUT2D eigenvalue weighted by Gasteiger charge is -2.20. The predicted molar refractivity (Wildman–Crippen MR) is 102 cm³/mol. The van der Waals surface area contributed by atoms with Crippen LogP contribution in [0.5, 0.6) is 0 Å². The molecule has 1 amide bonds. The number of esters is 1. The van der Waals surface area contributed by atoms with Gasteiger partial charge in [0.25, 0.3) is 5.91 Å². The van der Waals surface area contributed by atoms with Gasteiger partial charge >= 0.3 is 5.97 Å². The zero-order valence-electron chi connectivity index (χ0n) is 14.9. The van der Waals surface area contributed by atoms with Gasteiger partial charge < -0.3 is 10.1 Å². The van der Waals surface area contributed by atoms with Crippen LogP contribution in [0.4, 0.5) is 4.39 Å². The van der Waals surface area contributed by atoms with Gasteiger partial charge in [0.15, 0.2) is 0 Å². The maximum Gasteiger partial charge on any atom is 0.329 e. The summed E-state index contributed by atoms with van der Waals surface area (Å²) >= 11 is 1.45. The van der Waals surface area contributed by atoms with Gasteiger partial charge in [0.1, 0.15) is 23.5 Å². The van der Waals surface area contributed by atoms with Crippen molar-refractivity contribution >= 4 is 33.4 Å². The third-order valence-corrected chi connectivity index (χ3v) is 5.01. The zero-order valence-corrected chi connectivity index (χ0v) is 15.8. The van der Waals surface area contributed by atoms with E-state index in [1.807, 2.05) is 24.3 Å². The second kappa shape index (κ2) is 8.26. The van der Waals surface area contributed by atoms with Crippen LogP contribution in [0.2, 0.25) is 0 Å². The molecule has 0 aliphatic heterocycles. The summed E-state index contributed by atoms with van der Waals surface area (Å²) < 4.78 is 20.1. The van der Waals surface area contributed by atoms with Crippen molar-refractivity contribution in [2.45, 2.75) is 26.5 Å². The van der Waals surface area contributed by atoms with Gasteiger partial charge in [0, 0.05) is 0 Å². The normalized spacial score (nSPS) is 12.1. The van der Waals surface area contributed by atoms with E-state index < -0.39 is 23.7 Å². The van der Waals surface area contributed by atoms with Crippen LogP contribution < -0.4 is 5.32 Å². The van der Waals surface area contributed by atoms with Crippen molar-refractivity contribution in [1.29, 1.82) is 0 Å². The highest BCUT2D eigenvalue weighted by molar-refractivity contribution is 7.18. The first-order valence-corrected chi connectivity index (χ1v) is 9.34. The average Bonchev–Trinajstić information content (AvgIpc) is 3.07. The number of amides is 1. The summed E-state index contributed by atoms with van der Waals surface area (Å²) in [7, 11) is 0. The van der Waals surface area contributed by atoms with Gasteiger partial charge in [-0.25, -0.2) is 14.2 Å². The molecule has 1 atom stereocenters. The number of ether oxygens (including phenoxy) is 1. The molecule has 2 aromatic carbocycles. The number of nitrogens with zero attached hydrogens (tertiary/aromatic N) is 1. The molecule has 140 valence electrons. The van der Waals surface area contributed by atoms with Gasteiger partial charge in [-0.2, -0.15) is 0 Å². The topological polar surface area (TPSA) is 68.3 Å². The number of halogens is 1. The number of carbonyl (C=O) groups is 2. The summed E-state index contributed by atoms with van der Waals surface area (Å²) in [6.07, 6.45) is 0. The van der Waals surface area contributed by atoms with Crippen LogP contribution in [0.25, 0.3) is 10.2 Å². The molecule has 0 fully saturated rings. The standard InChI is InChI=1S/C20H19FN2O3S/c1-12(2)18(23-19(24)13-7-3-4-8-14(13)21)20(25)26-11-17-22-15-9-5-6-10-16(15)27-17/h3-10,12,18H,11H2,1-2H3,(H,23,24). The Balaban J connectivity index is 1.66. The van der Waals surface area contributed by atoms with E-state index in [1.165, 1.54) is 29.5 Å². The Bertz CT molecular complexity index is 938. The van der Waals surface area contributed by atoms with Crippen LogP contribution in [0.15, 0.2) is 48.5 Å². The lowest BCUT2D eigenvalue weighted by molar-refractivity contribution is -0.148. The van der Waals surface area contributed by atoms with Crippen molar-refractivity contribution in [3.05, 3.63) is 64.9 Å². The molecule has 7 heteroatoms. The number of nitrogens with one attached hydrogen (secondary N) is 1. The molecule has 3 aromatic rings. The first-order valence-electron chi connectivity index (χ1n) is 8.52. The van der Waals surface area contributed by atoms with Crippen LogP contribution >= 0.6 is 11.3 Å². The number of hydrogen-bond donors (Lipinski definition) is 1. The third-order valence-electron chi connectivity index (χ3n) is 4.00. The van der Waals surface area contributed by atoms with Gasteiger partial charge in [0.2, 0.25) is 0 Å². The summed E-state index contributed by atoms with van der Waals surface area (Å²) in [5.74, 6) is -2.08. The predicted octanol–water partition coefficient (Wildman–Crippen LogP) is 3.93. The average molecular weight is 386 g/mol. The van der Waals surface area contributed by atoms with Crippen molar-refractivity contribution in [3.63, 3.8) is 0 Å². The summed E-state index contributed by atoms with van der Waals surface area (Å²) in [6, 6.07) is 12.4. The van der Waals surface area contributed by atoms with Crippen molar-refractivity contribution < 1.29 is 18.7 Å². The number of hydrogen-bond acceptors (Lipinski definition) is 5. The van der Waals surface area contributed by atoms with Crippen molar-refractivity contribution in [3.8, 4) is 0 Å². The molecule has 0 aliphatic carbocycles. The van der Waals surface area contributed by atoms with E-state index in [1.54, 1.807) is 19.9 Å². The highest BCUT2D eigenvalue weighted by Gasteiger charge is 2.27. The number of aromatic nitrogens is 1. The van der Waals surface area contributed by atoms with Crippen LogP contribution in [0, 0.1) is 11.7 Å². The van der Waals surface area contributed by atoms with Crippen molar-refractivity contribution in [2.24, 2.45) is 5.92 Å². The van der Waals surface area contributed by atoms with E-state index in [9.17, 15) is 14.0 Å². The summed E-state index contributed by atoms with van der Waals surface area (Å²) in [5.41, 5.74) is 0.740. The molecule has 1 N–H and O–H groups in total. The molecule has 0 saturated heterocycles. The smallest absolute Gasteiger partial charge is 0.329 e. The number of carbonyl (C=O) groups excluding carboxylic acids is 2. The van der Waals surface area contributed by atoms with Crippen molar-refractivity contribution in [2.75, 3.05) is 0 Å². The van der Waals surface area contributed by atoms with Crippen LogP contribution in [-0.4, -0.2) is 22.9 Å². The molecule has 3 rings (SSSR count). The van der Waals surface area contributed by atoms with Gasteiger partial charge in [0.05, 0.1) is 15.8 Å². The Labute approximate surface area is 160 Å². The Hall–Kier alpha value is -2.80. The molecule has 5 nitrogen and oxygen atoms in total. The van der Waals surface area contributed by atoms with E-state index in [0.717, 1.165) is 10.2 Å². The molecule has 0 spiro atoms. The minimum atomic E-state index is -0.883. The molecule has 0 saturated carbocycles. The minimum absolute atomic E-state index is 0.0248. The van der Waals surface area contributed by atoms with E-state index in [-0.39, 0.29) is 18.1 Å². The summed E-state index contributed by atoms with van der Waals surface area (Å²) in [5, 5.41) is 3.24. The van der Waals surface area contributed by atoms with E-state index in [2.05, 4.69) is 10.3 Å². The Kier molecular flexibility index (Phi) is 5.81. The highest BCUT2D eigenvalue weighted by Crippen LogP contribution is 2.22. The number of rotatable bonds is 6. The highest BCUT2D eigenvalue weighted by atomic mass is 32.1. The molecule has 0 aliphatic rings. The fourth-order valence-corrected chi connectivity index (χ4v) is 3.45. The van der Waals surface area contributed by atoms with Gasteiger partial charge in [-0.15, -0.1) is 11.3 Å². The number of fused-ring (bicyclic) bond motifs is 1. The lowest BCUT2D eigenvalue weighted by atomic mass is 10.0. The maximum atomic E-state index is 13.8. The first-order chi connectivity index (χ1) is 13.0. The zero-order chi connectivity index (χ0) is 19.4. The summed E-state index contributed by atoms with van der Waals surface area (Å²) in [4.78, 5) is 29.2. The molecule has 1 aromatic heterocycles. The maximum absolute atomic E-state index is 13.8. The van der Waals surface area contributed by atoms with Gasteiger partial charge in [-0.1, -0.05) is 38.1 Å². The summed E-state index contributed by atoms with van der Waals surface area (Å²) in [6.45, 7) is 3.59. The fourth-order valence-electron chi connectivity index (χ4n) is 2.57. The third kappa shape index (κ3) is 4.49. The lowest BCUT2D eigenvalue weighted by Crippen LogP contribution is -2.45. The Morgan fingerprint density at radius 1 is 1.15 bits per heavy atom. The largest absolute Gasteiger partial charge is 0.457 e. The van der Waals surface area contributed by atoms with E-state index in [0.29, 0.717) is 5.01 Å². The number of benzene rings is 2. The minimum Gasteiger partial charge on any atom is -0.457 e. The monoisotopic (exact) mass is 386 g/mol. The molecule has 1 unspecified atom stereocenters. The van der Waals surface area contributed by atoms with Crippen molar-refractivity contribution in [1.82, 2.24) is 10.3 Å². The molecule has 0 radical (unpaired) electrons.